The van der Waals surface area contributed by atoms with Crippen LogP contribution in [0.15, 0.2) is 48.5 Å². The van der Waals surface area contributed by atoms with Gasteiger partial charge < -0.3 is 9.94 Å². The van der Waals surface area contributed by atoms with Crippen LogP contribution in [0.1, 0.15) is 0 Å². The van der Waals surface area contributed by atoms with Crippen molar-refractivity contribution in [2.75, 3.05) is 0 Å². The molecule has 0 saturated heterocycles. The van der Waals surface area contributed by atoms with E-state index in [1.807, 2.05) is 12.1 Å². The monoisotopic (exact) mass is 217 g/mol. The smallest absolute Gasteiger partial charge is 0.158 e. The number of phenolic OH excluding ortho intramolecular Hbond substituents is 1. The average Bonchev–Trinajstić information content (AvgIpc) is 2.31. The molecule has 0 aliphatic heterocycles. The molecule has 0 amide bonds. The number of hydrogen-bond acceptors (Lipinski definition) is 4. The minimum absolute atomic E-state index is 0.163. The number of rotatable bonds is 3. The summed E-state index contributed by atoms with van der Waals surface area (Å²) < 4.78 is 0. The fourth-order valence-electron chi connectivity index (χ4n) is 1.53. The van der Waals surface area contributed by atoms with Gasteiger partial charge in [-0.2, -0.15) is 0 Å². The Balaban J connectivity index is 2.51. The first-order valence-electron chi connectivity index (χ1n) is 4.76. The molecule has 0 aliphatic rings. The van der Waals surface area contributed by atoms with Crippen molar-refractivity contribution in [1.82, 2.24) is 5.64 Å². The molecule has 2 aromatic carbocycles. The second-order valence-corrected chi connectivity index (χ2v) is 3.21. The van der Waals surface area contributed by atoms with Crippen LogP contribution in [0.3, 0.4) is 0 Å². The normalized spacial score (nSPS) is 10.1. The lowest BCUT2D eigenvalue weighted by atomic mass is 10.0. The van der Waals surface area contributed by atoms with Crippen LogP contribution in [0.4, 0.5) is 0 Å². The molecule has 16 heavy (non-hydrogen) atoms. The van der Waals surface area contributed by atoms with Crippen molar-refractivity contribution in [3.8, 4) is 22.6 Å². The van der Waals surface area contributed by atoms with E-state index in [-0.39, 0.29) is 5.75 Å². The fraction of sp³-hybridized carbons (Fsp3) is 0. The van der Waals surface area contributed by atoms with Crippen LogP contribution < -0.4 is 10.5 Å². The molecule has 0 spiro atoms. The summed E-state index contributed by atoms with van der Waals surface area (Å²) in [5.41, 5.74) is 2.98. The number of nitrogens with one attached hydrogen (secondary N) is 1. The van der Waals surface area contributed by atoms with Crippen molar-refractivity contribution in [2.24, 2.45) is 0 Å². The van der Waals surface area contributed by atoms with Gasteiger partial charge in [0.15, 0.2) is 5.75 Å². The molecule has 0 bridgehead atoms. The van der Waals surface area contributed by atoms with Gasteiger partial charge in [-0.05, 0) is 17.8 Å². The number of aromatic hydroxyl groups is 1. The number of para-hydroxylation sites is 2. The maximum Gasteiger partial charge on any atom is 0.158 e. The predicted octanol–water partition coefficient (Wildman–Crippen LogP) is 2.33. The highest BCUT2D eigenvalue weighted by atomic mass is 16.8. The molecule has 0 atom stereocenters. The van der Waals surface area contributed by atoms with Crippen molar-refractivity contribution in [3.63, 3.8) is 0 Å². The van der Waals surface area contributed by atoms with Crippen molar-refractivity contribution in [2.45, 2.75) is 0 Å². The number of benzene rings is 2. The molecule has 4 heteroatoms. The lowest BCUT2D eigenvalue weighted by Crippen LogP contribution is -2.12. The van der Waals surface area contributed by atoms with E-state index in [9.17, 15) is 5.11 Å². The van der Waals surface area contributed by atoms with Crippen LogP contribution in [0.25, 0.3) is 11.1 Å². The molecular formula is C12H11NO3. The maximum atomic E-state index is 9.72. The predicted molar refractivity (Wildman–Crippen MR) is 59.1 cm³/mol. The van der Waals surface area contributed by atoms with Gasteiger partial charge in [0.1, 0.15) is 5.75 Å². The summed E-state index contributed by atoms with van der Waals surface area (Å²) in [5, 5.41) is 18.2. The zero-order valence-electron chi connectivity index (χ0n) is 8.42. The van der Waals surface area contributed by atoms with Crippen molar-refractivity contribution in [3.05, 3.63) is 48.5 Å². The number of hydrogen-bond donors (Lipinski definition) is 3. The molecule has 2 rings (SSSR count). The van der Waals surface area contributed by atoms with Crippen LogP contribution in [0.5, 0.6) is 11.5 Å². The second-order valence-electron chi connectivity index (χ2n) is 3.21. The Morgan fingerprint density at radius 2 is 1.50 bits per heavy atom. The first-order valence-corrected chi connectivity index (χ1v) is 4.76. The largest absolute Gasteiger partial charge is 0.507 e. The minimum Gasteiger partial charge on any atom is -0.507 e. The summed E-state index contributed by atoms with van der Waals surface area (Å²) in [6.45, 7) is 0. The van der Waals surface area contributed by atoms with Gasteiger partial charge >= 0.3 is 0 Å². The number of phenols is 1. The lowest BCUT2D eigenvalue weighted by Gasteiger charge is -2.09. The molecular weight excluding hydrogens is 206 g/mol. The summed E-state index contributed by atoms with van der Waals surface area (Å²) in [5.74, 6) is 0.600. The molecule has 4 nitrogen and oxygen atoms in total. The molecule has 0 unspecified atom stereocenters. The van der Waals surface area contributed by atoms with Crippen LogP contribution >= 0.6 is 0 Å². The third kappa shape index (κ3) is 1.98. The highest BCUT2D eigenvalue weighted by molar-refractivity contribution is 5.75. The van der Waals surface area contributed by atoms with E-state index in [4.69, 9.17) is 10.0 Å². The molecule has 3 N–H and O–H groups in total. The zero-order chi connectivity index (χ0) is 11.4. The molecule has 0 aromatic heterocycles. The van der Waals surface area contributed by atoms with Gasteiger partial charge in [0.25, 0.3) is 0 Å². The summed E-state index contributed by atoms with van der Waals surface area (Å²) in [7, 11) is 0. The Kier molecular flexibility index (Phi) is 3.05. The molecule has 0 heterocycles. The van der Waals surface area contributed by atoms with E-state index in [1.54, 1.807) is 42.0 Å². The van der Waals surface area contributed by atoms with E-state index in [2.05, 4.69) is 0 Å². The fourth-order valence-corrected chi connectivity index (χ4v) is 1.53. The van der Waals surface area contributed by atoms with Crippen LogP contribution in [-0.2, 0) is 0 Å². The molecule has 0 aliphatic carbocycles. The molecule has 0 fully saturated rings. The van der Waals surface area contributed by atoms with Crippen LogP contribution in [0, 0.1) is 0 Å². The summed E-state index contributed by atoms with van der Waals surface area (Å²) in [4.78, 5) is 4.84. The molecule has 0 radical (unpaired) electrons. The van der Waals surface area contributed by atoms with Gasteiger partial charge in [0.05, 0.1) is 0 Å². The third-order valence-corrected chi connectivity index (χ3v) is 2.24. The SMILES string of the molecule is ONOc1ccccc1-c1ccccc1O. The van der Waals surface area contributed by atoms with Crippen molar-refractivity contribution in [1.29, 1.82) is 0 Å². The van der Waals surface area contributed by atoms with Gasteiger partial charge in [-0.1, -0.05) is 36.4 Å². The van der Waals surface area contributed by atoms with E-state index in [0.717, 1.165) is 0 Å². The van der Waals surface area contributed by atoms with Crippen LogP contribution in [0.2, 0.25) is 0 Å². The summed E-state index contributed by atoms with van der Waals surface area (Å²) in [6, 6.07) is 14.0. The lowest BCUT2D eigenvalue weighted by molar-refractivity contribution is -0.0431. The van der Waals surface area contributed by atoms with Gasteiger partial charge in [-0.25, -0.2) is 0 Å². The van der Waals surface area contributed by atoms with E-state index >= 15 is 0 Å². The van der Waals surface area contributed by atoms with Crippen molar-refractivity contribution >= 4 is 0 Å². The summed E-state index contributed by atoms with van der Waals surface area (Å²) >= 11 is 0. The van der Waals surface area contributed by atoms with Gasteiger partial charge in [0, 0.05) is 11.1 Å². The van der Waals surface area contributed by atoms with Gasteiger partial charge in [0.2, 0.25) is 0 Å². The van der Waals surface area contributed by atoms with E-state index in [1.165, 1.54) is 0 Å². The molecule has 2 aromatic rings. The van der Waals surface area contributed by atoms with E-state index in [0.29, 0.717) is 16.9 Å². The zero-order valence-corrected chi connectivity index (χ0v) is 8.42. The molecule has 82 valence electrons. The first kappa shape index (κ1) is 10.5. The first-order chi connectivity index (χ1) is 7.83. The van der Waals surface area contributed by atoms with Gasteiger partial charge in [-0.15, -0.1) is 0 Å². The highest BCUT2D eigenvalue weighted by Crippen LogP contribution is 2.34. The molecule has 0 saturated carbocycles. The second kappa shape index (κ2) is 4.65. The van der Waals surface area contributed by atoms with Gasteiger partial charge in [-0.3, -0.25) is 5.21 Å². The maximum absolute atomic E-state index is 9.72. The Labute approximate surface area is 92.6 Å². The summed E-state index contributed by atoms with van der Waals surface area (Å²) in [6.07, 6.45) is 0. The standard InChI is InChI=1S/C12H11NO3/c14-11-7-3-1-5-9(11)10-6-2-4-8-12(10)16-13-15/h1-8,13-15H. The topological polar surface area (TPSA) is 61.7 Å². The Morgan fingerprint density at radius 1 is 0.875 bits per heavy atom. The Hall–Kier alpha value is -2.04. The Bertz CT molecular complexity index is 485. The third-order valence-electron chi connectivity index (χ3n) is 2.24. The Morgan fingerprint density at radius 3 is 2.19 bits per heavy atom. The van der Waals surface area contributed by atoms with E-state index < -0.39 is 0 Å². The highest BCUT2D eigenvalue weighted by Gasteiger charge is 2.09. The minimum atomic E-state index is 0.163. The average molecular weight is 217 g/mol. The van der Waals surface area contributed by atoms with Crippen molar-refractivity contribution < 1.29 is 15.2 Å². The quantitative estimate of drug-likeness (QED) is 0.690. The van der Waals surface area contributed by atoms with Crippen LogP contribution in [-0.4, -0.2) is 10.3 Å².